The van der Waals surface area contributed by atoms with Crippen LogP contribution in [-0.2, 0) is 0 Å². The first-order chi connectivity index (χ1) is 6.45. The average molecular weight is 313 g/mol. The monoisotopic (exact) mass is 313 g/mol. The summed E-state index contributed by atoms with van der Waals surface area (Å²) in [5.74, 6) is -1.29. The van der Waals surface area contributed by atoms with Gasteiger partial charge in [-0.25, -0.2) is 18.6 Å². The minimum atomic E-state index is -2.68. The van der Waals surface area contributed by atoms with Gasteiger partial charge in [-0.05, 0) is 35.1 Å². The van der Waals surface area contributed by atoms with Gasteiger partial charge in [0.25, 0.3) is 6.43 Å². The van der Waals surface area contributed by atoms with Crippen LogP contribution in [0, 0.1) is 10.5 Å². The van der Waals surface area contributed by atoms with Gasteiger partial charge < -0.3 is 5.11 Å². The third-order valence-electron chi connectivity index (χ3n) is 1.74. The zero-order valence-corrected chi connectivity index (χ0v) is 9.25. The first-order valence-corrected chi connectivity index (χ1v) is 4.69. The Bertz CT molecular complexity index is 382. The number of nitrogens with zero attached hydrogens (tertiary/aromatic N) is 1. The fraction of sp³-hybridized carbons (Fsp3) is 0.250. The summed E-state index contributed by atoms with van der Waals surface area (Å²) in [5.41, 5.74) is -0.543. The maximum absolute atomic E-state index is 12.5. The lowest BCUT2D eigenvalue weighted by Crippen LogP contribution is -2.08. The molecule has 0 bridgehead atoms. The first kappa shape index (κ1) is 11.3. The molecule has 0 amide bonds. The minimum absolute atomic E-state index is 0.0272. The van der Waals surface area contributed by atoms with E-state index in [0.29, 0.717) is 0 Å². The fourth-order valence-corrected chi connectivity index (χ4v) is 1.86. The van der Waals surface area contributed by atoms with Gasteiger partial charge in [0.1, 0.15) is 0 Å². The largest absolute Gasteiger partial charge is 0.477 e. The Balaban J connectivity index is 3.41. The number of hydrogen-bond donors (Lipinski definition) is 1. The van der Waals surface area contributed by atoms with E-state index in [-0.39, 0.29) is 20.4 Å². The van der Waals surface area contributed by atoms with Crippen molar-refractivity contribution in [2.45, 2.75) is 13.3 Å². The molecule has 0 aliphatic heterocycles. The molecule has 1 N–H and O–H groups in total. The third kappa shape index (κ3) is 1.99. The molecule has 0 atom stereocenters. The Morgan fingerprint density at radius 1 is 1.64 bits per heavy atom. The lowest BCUT2D eigenvalue weighted by molar-refractivity contribution is 0.0689. The Morgan fingerprint density at radius 2 is 2.21 bits per heavy atom. The number of pyridine rings is 1. The van der Waals surface area contributed by atoms with Crippen LogP contribution in [0.2, 0.25) is 0 Å². The topological polar surface area (TPSA) is 50.2 Å². The molecule has 0 saturated carbocycles. The van der Waals surface area contributed by atoms with Gasteiger partial charge in [-0.3, -0.25) is 0 Å². The molecule has 0 saturated heterocycles. The molecule has 0 aromatic carbocycles. The van der Waals surface area contributed by atoms with Crippen molar-refractivity contribution in [1.82, 2.24) is 4.98 Å². The molecule has 3 nitrogen and oxygen atoms in total. The number of hydrogen-bond acceptors (Lipinski definition) is 2. The number of carbonyl (C=O) groups is 1. The van der Waals surface area contributed by atoms with Gasteiger partial charge in [0, 0.05) is 15.3 Å². The van der Waals surface area contributed by atoms with Crippen molar-refractivity contribution in [3.05, 3.63) is 26.6 Å². The smallest absolute Gasteiger partial charge is 0.354 e. The number of carboxylic acids is 1. The zero-order valence-electron chi connectivity index (χ0n) is 7.09. The Labute approximate surface area is 92.3 Å². The molecule has 76 valence electrons. The van der Waals surface area contributed by atoms with Crippen molar-refractivity contribution < 1.29 is 18.7 Å². The van der Waals surface area contributed by atoms with Crippen molar-refractivity contribution in [3.63, 3.8) is 0 Å². The van der Waals surface area contributed by atoms with Gasteiger partial charge in [-0.2, -0.15) is 0 Å². The normalized spacial score (nSPS) is 10.6. The number of aromatic nitrogens is 1. The van der Waals surface area contributed by atoms with Gasteiger partial charge in [-0.15, -0.1) is 0 Å². The molecule has 6 heteroatoms. The zero-order chi connectivity index (χ0) is 10.9. The summed E-state index contributed by atoms with van der Waals surface area (Å²) in [6.07, 6.45) is -1.54. The Hall–Kier alpha value is -0.790. The highest BCUT2D eigenvalue weighted by atomic mass is 127. The summed E-state index contributed by atoms with van der Waals surface area (Å²) in [7, 11) is 0. The molecular formula is C8H6F2INO2. The van der Waals surface area contributed by atoms with E-state index in [1.807, 2.05) is 0 Å². The SMILES string of the molecule is Cc1c(C(=O)O)ncc(I)c1C(F)F. The fourth-order valence-electron chi connectivity index (χ4n) is 1.08. The van der Waals surface area contributed by atoms with Crippen molar-refractivity contribution in [2.75, 3.05) is 0 Å². The number of halogens is 3. The second-order valence-corrected chi connectivity index (χ2v) is 3.76. The van der Waals surface area contributed by atoms with Crippen molar-refractivity contribution in [3.8, 4) is 0 Å². The lowest BCUT2D eigenvalue weighted by Gasteiger charge is -2.08. The van der Waals surface area contributed by atoms with Crippen LogP contribution in [0.15, 0.2) is 6.20 Å². The van der Waals surface area contributed by atoms with Crippen LogP contribution in [0.3, 0.4) is 0 Å². The minimum Gasteiger partial charge on any atom is -0.477 e. The lowest BCUT2D eigenvalue weighted by atomic mass is 10.1. The summed E-state index contributed by atoms with van der Waals surface area (Å²) in [5, 5.41) is 8.65. The van der Waals surface area contributed by atoms with Crippen LogP contribution in [0.4, 0.5) is 8.78 Å². The Morgan fingerprint density at radius 3 is 2.64 bits per heavy atom. The van der Waals surface area contributed by atoms with Crippen LogP contribution >= 0.6 is 22.6 Å². The first-order valence-electron chi connectivity index (χ1n) is 3.61. The molecule has 1 rings (SSSR count). The van der Waals surface area contributed by atoms with E-state index in [1.165, 1.54) is 6.92 Å². The number of rotatable bonds is 2. The molecule has 1 heterocycles. The van der Waals surface area contributed by atoms with Crippen molar-refractivity contribution >= 4 is 28.6 Å². The molecule has 0 fully saturated rings. The standard InChI is InChI=1S/C8H6F2INO2/c1-3-5(7(9)10)4(11)2-12-6(3)8(13)14/h2,7H,1H3,(H,13,14). The van der Waals surface area contributed by atoms with E-state index in [2.05, 4.69) is 4.98 Å². The molecule has 1 aromatic rings. The number of alkyl halides is 2. The van der Waals surface area contributed by atoms with Crippen LogP contribution < -0.4 is 0 Å². The van der Waals surface area contributed by atoms with Crippen LogP contribution in [0.5, 0.6) is 0 Å². The summed E-state index contributed by atoms with van der Waals surface area (Å²) in [6.45, 7) is 1.33. The highest BCUT2D eigenvalue weighted by molar-refractivity contribution is 14.1. The summed E-state index contributed by atoms with van der Waals surface area (Å²) in [6, 6.07) is 0. The Kier molecular flexibility index (Phi) is 3.35. The second kappa shape index (κ2) is 4.16. The van der Waals surface area contributed by atoms with E-state index >= 15 is 0 Å². The predicted octanol–water partition coefficient (Wildman–Crippen LogP) is 2.63. The molecule has 14 heavy (non-hydrogen) atoms. The molecular weight excluding hydrogens is 307 g/mol. The second-order valence-electron chi connectivity index (χ2n) is 2.60. The number of aromatic carboxylic acids is 1. The molecule has 0 spiro atoms. The summed E-state index contributed by atoms with van der Waals surface area (Å²) >= 11 is 1.71. The van der Waals surface area contributed by atoms with Gasteiger partial charge in [0.15, 0.2) is 5.69 Å². The number of carboxylic acid groups (broad SMARTS) is 1. The maximum atomic E-state index is 12.5. The van der Waals surface area contributed by atoms with Crippen molar-refractivity contribution in [2.24, 2.45) is 0 Å². The van der Waals surface area contributed by atoms with E-state index in [0.717, 1.165) is 6.20 Å². The quantitative estimate of drug-likeness (QED) is 0.854. The van der Waals surface area contributed by atoms with Crippen molar-refractivity contribution in [1.29, 1.82) is 0 Å². The molecule has 0 unspecified atom stereocenters. The van der Waals surface area contributed by atoms with Crippen LogP contribution in [0.1, 0.15) is 28.0 Å². The summed E-state index contributed by atoms with van der Waals surface area (Å²) in [4.78, 5) is 14.2. The van der Waals surface area contributed by atoms with Gasteiger partial charge in [0.2, 0.25) is 0 Å². The third-order valence-corrected chi connectivity index (χ3v) is 2.60. The average Bonchev–Trinajstić information content (AvgIpc) is 2.02. The van der Waals surface area contributed by atoms with Crippen LogP contribution in [-0.4, -0.2) is 16.1 Å². The highest BCUT2D eigenvalue weighted by Gasteiger charge is 2.20. The predicted molar refractivity (Wildman–Crippen MR) is 53.6 cm³/mol. The maximum Gasteiger partial charge on any atom is 0.354 e. The highest BCUT2D eigenvalue weighted by Crippen LogP contribution is 2.28. The van der Waals surface area contributed by atoms with Gasteiger partial charge >= 0.3 is 5.97 Å². The molecule has 1 aromatic heterocycles. The van der Waals surface area contributed by atoms with E-state index in [1.54, 1.807) is 22.6 Å². The van der Waals surface area contributed by atoms with E-state index in [4.69, 9.17) is 5.11 Å². The van der Waals surface area contributed by atoms with E-state index < -0.39 is 12.4 Å². The van der Waals surface area contributed by atoms with Gasteiger partial charge in [-0.1, -0.05) is 0 Å². The molecule has 0 aliphatic rings. The van der Waals surface area contributed by atoms with Gasteiger partial charge in [0.05, 0.1) is 0 Å². The molecule has 0 radical (unpaired) electrons. The van der Waals surface area contributed by atoms with Crippen LogP contribution in [0.25, 0.3) is 0 Å². The molecule has 0 aliphatic carbocycles. The van der Waals surface area contributed by atoms with E-state index in [9.17, 15) is 13.6 Å². The summed E-state index contributed by atoms with van der Waals surface area (Å²) < 4.78 is 25.3.